The normalized spacial score (nSPS) is 10.4. The van der Waals surface area contributed by atoms with Gasteiger partial charge in [-0.3, -0.25) is 9.36 Å². The van der Waals surface area contributed by atoms with Crippen LogP contribution in [0.1, 0.15) is 10.5 Å². The molecule has 2 aliphatic heterocycles. The number of rotatable bonds is 1. The van der Waals surface area contributed by atoms with Gasteiger partial charge >= 0.3 is 6.03 Å². The van der Waals surface area contributed by atoms with E-state index < -0.39 is 11.9 Å². The topological polar surface area (TPSA) is 104 Å². The van der Waals surface area contributed by atoms with Crippen LogP contribution in [0.25, 0.3) is 11.3 Å². The maximum Gasteiger partial charge on any atom is 0.322 e. The van der Waals surface area contributed by atoms with Crippen molar-refractivity contribution < 1.29 is 9.59 Å². The van der Waals surface area contributed by atoms with E-state index in [2.05, 4.69) is 4.98 Å². The summed E-state index contributed by atoms with van der Waals surface area (Å²) in [5.41, 5.74) is 11.6. The van der Waals surface area contributed by atoms with Gasteiger partial charge in [0, 0.05) is 18.0 Å². The van der Waals surface area contributed by atoms with E-state index in [0.717, 1.165) is 5.56 Å². The van der Waals surface area contributed by atoms with Crippen molar-refractivity contribution in [1.29, 1.82) is 0 Å². The Bertz CT molecular complexity index is 505. The Hall–Kier alpha value is -2.37. The summed E-state index contributed by atoms with van der Waals surface area (Å²) < 4.78 is 1.18. The summed E-state index contributed by atoms with van der Waals surface area (Å²) in [4.78, 5) is 25.7. The highest BCUT2D eigenvalue weighted by Crippen LogP contribution is 2.21. The molecule has 0 saturated heterocycles. The van der Waals surface area contributed by atoms with E-state index in [1.807, 2.05) is 0 Å². The number of amides is 2. The van der Waals surface area contributed by atoms with Crippen LogP contribution in [0.2, 0.25) is 0 Å². The van der Waals surface area contributed by atoms with Crippen molar-refractivity contribution in [3.8, 4) is 11.3 Å². The second kappa shape index (κ2) is 3.09. The molecule has 0 aromatic heterocycles. The van der Waals surface area contributed by atoms with Gasteiger partial charge in [-0.2, -0.15) is 0 Å². The maximum atomic E-state index is 10.9. The van der Waals surface area contributed by atoms with Crippen LogP contribution in [0.5, 0.6) is 0 Å². The predicted molar refractivity (Wildman–Crippen MR) is 52.3 cm³/mol. The zero-order valence-electron chi connectivity index (χ0n) is 7.68. The Morgan fingerprint density at radius 1 is 1.33 bits per heavy atom. The monoisotopic (exact) mass is 204 g/mol. The molecule has 15 heavy (non-hydrogen) atoms. The van der Waals surface area contributed by atoms with E-state index in [0.29, 0.717) is 5.69 Å². The van der Waals surface area contributed by atoms with Crippen molar-refractivity contribution in [2.24, 2.45) is 11.5 Å². The van der Waals surface area contributed by atoms with E-state index in [9.17, 15) is 9.59 Å². The zero-order valence-corrected chi connectivity index (χ0v) is 7.68. The Labute approximate surface area is 84.8 Å². The van der Waals surface area contributed by atoms with Crippen molar-refractivity contribution in [3.63, 3.8) is 0 Å². The van der Waals surface area contributed by atoms with Gasteiger partial charge in [0.2, 0.25) is 0 Å². The standard InChI is InChI=1S/C9H8N4O2/c10-8(14)6-3-5-1-2-13(9(11)15)4-7(5)12-6/h1-4H,(H2,10,14)(H2,11,15). The maximum absolute atomic E-state index is 10.9. The van der Waals surface area contributed by atoms with Crippen LogP contribution in [-0.2, 0) is 0 Å². The quantitative estimate of drug-likeness (QED) is 0.683. The van der Waals surface area contributed by atoms with Crippen molar-refractivity contribution in [2.75, 3.05) is 0 Å². The molecule has 0 radical (unpaired) electrons. The van der Waals surface area contributed by atoms with Gasteiger partial charge < -0.3 is 11.5 Å². The summed E-state index contributed by atoms with van der Waals surface area (Å²) in [6.45, 7) is 0. The third kappa shape index (κ3) is 1.52. The molecule has 4 N–H and O–H groups in total. The lowest BCUT2D eigenvalue weighted by Gasteiger charge is -2.02. The van der Waals surface area contributed by atoms with Crippen molar-refractivity contribution in [3.05, 3.63) is 30.2 Å². The summed E-state index contributed by atoms with van der Waals surface area (Å²) in [5, 5.41) is 0. The highest BCUT2D eigenvalue weighted by Gasteiger charge is 2.12. The number of hydrogen-bond donors (Lipinski definition) is 2. The van der Waals surface area contributed by atoms with E-state index in [1.165, 1.54) is 17.0 Å². The molecule has 2 aliphatic rings. The lowest BCUT2D eigenvalue weighted by atomic mass is 10.2. The van der Waals surface area contributed by atoms with Crippen LogP contribution in [0.3, 0.4) is 0 Å². The zero-order chi connectivity index (χ0) is 11.0. The van der Waals surface area contributed by atoms with Crippen LogP contribution < -0.4 is 11.5 Å². The van der Waals surface area contributed by atoms with E-state index in [1.54, 1.807) is 12.1 Å². The van der Waals surface area contributed by atoms with Crippen LogP contribution >= 0.6 is 0 Å². The number of nitrogens with zero attached hydrogens (tertiary/aromatic N) is 2. The fraction of sp³-hybridized carbons (Fsp3) is 0. The minimum Gasteiger partial charge on any atom is -0.364 e. The number of hydrogen-bond acceptors (Lipinski definition) is 3. The smallest absolute Gasteiger partial charge is 0.322 e. The first kappa shape index (κ1) is 9.20. The number of fused-ring (bicyclic) bond motifs is 1. The minimum atomic E-state index is -0.611. The molecule has 2 amide bonds. The molecule has 0 aromatic carbocycles. The second-order valence-corrected chi connectivity index (χ2v) is 3.04. The van der Waals surface area contributed by atoms with Gasteiger partial charge in [0.1, 0.15) is 5.69 Å². The average molecular weight is 204 g/mol. The number of carbonyl (C=O) groups excluding carboxylic acids is 2. The molecule has 0 saturated carbocycles. The summed E-state index contributed by atoms with van der Waals surface area (Å²) in [7, 11) is 0. The van der Waals surface area contributed by atoms with Crippen LogP contribution in [0.4, 0.5) is 4.79 Å². The van der Waals surface area contributed by atoms with Gasteiger partial charge in [-0.1, -0.05) is 0 Å². The molecule has 0 unspecified atom stereocenters. The Morgan fingerprint density at radius 2 is 2.07 bits per heavy atom. The fourth-order valence-corrected chi connectivity index (χ4v) is 1.28. The molecule has 0 bridgehead atoms. The fourth-order valence-electron chi connectivity index (χ4n) is 1.28. The Kier molecular flexibility index (Phi) is 1.89. The average Bonchev–Trinajstić information content (AvgIpc) is 2.59. The second-order valence-electron chi connectivity index (χ2n) is 3.04. The predicted octanol–water partition coefficient (Wildman–Crippen LogP) is 0.0136. The van der Waals surface area contributed by atoms with Crippen LogP contribution in [0, 0.1) is 0 Å². The first-order chi connectivity index (χ1) is 7.08. The first-order valence-corrected chi connectivity index (χ1v) is 4.16. The van der Waals surface area contributed by atoms with Crippen LogP contribution in [0.15, 0.2) is 24.5 Å². The third-order valence-corrected chi connectivity index (χ3v) is 2.01. The van der Waals surface area contributed by atoms with Gasteiger partial charge in [0.15, 0.2) is 0 Å². The highest BCUT2D eigenvalue weighted by molar-refractivity contribution is 5.93. The molecule has 6 heteroatoms. The van der Waals surface area contributed by atoms with Crippen molar-refractivity contribution in [1.82, 2.24) is 9.55 Å². The molecule has 0 fully saturated rings. The number of aromatic nitrogens is 2. The van der Waals surface area contributed by atoms with E-state index >= 15 is 0 Å². The van der Waals surface area contributed by atoms with Gasteiger partial charge in [0.25, 0.3) is 5.91 Å². The van der Waals surface area contributed by atoms with Gasteiger partial charge in [0.05, 0.1) is 5.69 Å². The molecule has 2 heterocycles. The Balaban J connectivity index is 2.58. The first-order valence-electron chi connectivity index (χ1n) is 4.16. The molecule has 76 valence electrons. The summed E-state index contributed by atoms with van der Waals surface area (Å²) in [6, 6.07) is 2.59. The molecular formula is C9H8N4O2. The van der Waals surface area contributed by atoms with Gasteiger partial charge in [-0.25, -0.2) is 9.78 Å². The lowest BCUT2D eigenvalue weighted by molar-refractivity contribution is 0.0996. The third-order valence-electron chi connectivity index (χ3n) is 2.01. The highest BCUT2D eigenvalue weighted by atomic mass is 16.2. The number of carbonyl (C=O) groups is 2. The lowest BCUT2D eigenvalue weighted by Crippen LogP contribution is -2.19. The molecular weight excluding hydrogens is 196 g/mol. The molecule has 0 spiro atoms. The molecule has 0 aliphatic carbocycles. The molecule has 6 nitrogen and oxygen atoms in total. The van der Waals surface area contributed by atoms with Gasteiger partial charge in [-0.15, -0.1) is 0 Å². The SMILES string of the molecule is NC(=O)c1cc2ccn(C(N)=O)cc-2n1. The van der Waals surface area contributed by atoms with Crippen LogP contribution in [-0.4, -0.2) is 21.5 Å². The van der Waals surface area contributed by atoms with Crippen molar-refractivity contribution >= 4 is 11.9 Å². The van der Waals surface area contributed by atoms with Gasteiger partial charge in [-0.05, 0) is 12.1 Å². The molecule has 0 atom stereocenters. The molecule has 2 rings (SSSR count). The Morgan fingerprint density at radius 3 is 2.67 bits per heavy atom. The number of primary amides is 2. The summed E-state index contributed by atoms with van der Waals surface area (Å²) in [6.07, 6.45) is 2.95. The van der Waals surface area contributed by atoms with E-state index in [-0.39, 0.29) is 5.69 Å². The summed E-state index contributed by atoms with van der Waals surface area (Å²) in [5.74, 6) is -0.600. The minimum absolute atomic E-state index is 0.173. The largest absolute Gasteiger partial charge is 0.364 e. The number of nitrogens with two attached hydrogens (primary N) is 2. The summed E-state index contributed by atoms with van der Waals surface area (Å²) >= 11 is 0. The van der Waals surface area contributed by atoms with Crippen molar-refractivity contribution in [2.45, 2.75) is 0 Å². The van der Waals surface area contributed by atoms with E-state index in [4.69, 9.17) is 11.5 Å². The number of pyridine rings is 1. The molecule has 0 aromatic rings.